The van der Waals surface area contributed by atoms with Crippen LogP contribution in [0.1, 0.15) is 13.8 Å². The zero-order valence-corrected chi connectivity index (χ0v) is 9.25. The van der Waals surface area contributed by atoms with E-state index in [1.54, 1.807) is 38.2 Å². The summed E-state index contributed by atoms with van der Waals surface area (Å²) in [5, 5.41) is 21.8. The lowest BCUT2D eigenvalue weighted by Crippen LogP contribution is -2.25. The van der Waals surface area contributed by atoms with Gasteiger partial charge in [0.1, 0.15) is 0 Å². The first-order valence-corrected chi connectivity index (χ1v) is 5.03. The SMILES string of the molecule is CC1=CC=CC(=C2C=CC=C(C)N2O)N1O. The van der Waals surface area contributed by atoms with Gasteiger partial charge in [0, 0.05) is 11.4 Å². The Hall–Kier alpha value is -1.78. The third-order valence-corrected chi connectivity index (χ3v) is 2.57. The van der Waals surface area contributed by atoms with Gasteiger partial charge in [-0.05, 0) is 38.2 Å². The molecule has 0 aromatic rings. The topological polar surface area (TPSA) is 46.9 Å². The van der Waals surface area contributed by atoms with E-state index in [9.17, 15) is 10.4 Å². The van der Waals surface area contributed by atoms with Crippen LogP contribution in [0.3, 0.4) is 0 Å². The molecule has 0 aliphatic carbocycles. The van der Waals surface area contributed by atoms with Gasteiger partial charge in [0.25, 0.3) is 0 Å². The number of hydrogen-bond donors (Lipinski definition) is 2. The molecule has 84 valence electrons. The van der Waals surface area contributed by atoms with E-state index in [-0.39, 0.29) is 0 Å². The Morgan fingerprint density at radius 1 is 0.812 bits per heavy atom. The summed E-state index contributed by atoms with van der Waals surface area (Å²) in [5.41, 5.74) is 2.51. The van der Waals surface area contributed by atoms with E-state index in [0.29, 0.717) is 22.8 Å². The van der Waals surface area contributed by atoms with E-state index in [4.69, 9.17) is 0 Å². The van der Waals surface area contributed by atoms with Gasteiger partial charge >= 0.3 is 0 Å². The third-order valence-electron chi connectivity index (χ3n) is 2.57. The summed E-state index contributed by atoms with van der Waals surface area (Å²) in [5.74, 6) is 0. The number of nitrogens with zero attached hydrogens (tertiary/aromatic N) is 2. The maximum atomic E-state index is 9.86. The Bertz CT molecular complexity index is 414. The highest BCUT2D eigenvalue weighted by molar-refractivity contribution is 5.41. The maximum Gasteiger partial charge on any atom is 0.0950 e. The van der Waals surface area contributed by atoms with Crippen molar-refractivity contribution in [3.63, 3.8) is 0 Å². The first-order chi connectivity index (χ1) is 7.61. The van der Waals surface area contributed by atoms with E-state index >= 15 is 0 Å². The van der Waals surface area contributed by atoms with Crippen molar-refractivity contribution in [2.45, 2.75) is 13.8 Å². The average Bonchev–Trinajstić information content (AvgIpc) is 2.27. The Balaban J connectivity index is 2.44. The predicted octanol–water partition coefficient (Wildman–Crippen LogP) is 2.53. The van der Waals surface area contributed by atoms with Crippen LogP contribution in [-0.2, 0) is 0 Å². The molecule has 0 bridgehead atoms. The van der Waals surface area contributed by atoms with Crippen LogP contribution >= 0.6 is 0 Å². The summed E-state index contributed by atoms with van der Waals surface area (Å²) >= 11 is 0. The van der Waals surface area contributed by atoms with Gasteiger partial charge in [-0.25, -0.2) is 10.1 Å². The lowest BCUT2D eigenvalue weighted by Gasteiger charge is -2.28. The molecule has 0 unspecified atom stereocenters. The Morgan fingerprint density at radius 2 is 1.19 bits per heavy atom. The van der Waals surface area contributed by atoms with Gasteiger partial charge in [-0.1, -0.05) is 12.2 Å². The standard InChI is InChI=1S/C12H14N2O2/c1-9-5-3-7-11(13(9)15)12-8-4-6-10(2)14(12)16/h3-8,15-16H,1-2H3. The molecule has 16 heavy (non-hydrogen) atoms. The van der Waals surface area contributed by atoms with Crippen molar-refractivity contribution in [3.8, 4) is 0 Å². The Labute approximate surface area is 94.3 Å². The lowest BCUT2D eigenvalue weighted by molar-refractivity contribution is -0.0419. The van der Waals surface area contributed by atoms with E-state index in [2.05, 4.69) is 0 Å². The van der Waals surface area contributed by atoms with Crippen LogP contribution in [0.5, 0.6) is 0 Å². The average molecular weight is 218 g/mol. The van der Waals surface area contributed by atoms with Crippen molar-refractivity contribution >= 4 is 0 Å². The van der Waals surface area contributed by atoms with Gasteiger partial charge < -0.3 is 0 Å². The fourth-order valence-electron chi connectivity index (χ4n) is 1.61. The van der Waals surface area contributed by atoms with Gasteiger partial charge in [0.05, 0.1) is 11.4 Å². The minimum atomic E-state index is 0.547. The normalized spacial score (nSPS) is 24.8. The molecule has 0 aromatic carbocycles. The lowest BCUT2D eigenvalue weighted by atomic mass is 10.1. The number of hydrogen-bond acceptors (Lipinski definition) is 4. The van der Waals surface area contributed by atoms with E-state index in [0.717, 1.165) is 10.1 Å². The zero-order chi connectivity index (χ0) is 11.7. The molecule has 0 atom stereocenters. The van der Waals surface area contributed by atoms with E-state index < -0.39 is 0 Å². The second kappa shape index (κ2) is 4.00. The summed E-state index contributed by atoms with van der Waals surface area (Å²) in [6.07, 6.45) is 10.7. The quantitative estimate of drug-likeness (QED) is 0.656. The van der Waals surface area contributed by atoms with Crippen molar-refractivity contribution in [2.75, 3.05) is 0 Å². The number of allylic oxidation sites excluding steroid dienone is 8. The molecule has 0 fully saturated rings. The third kappa shape index (κ3) is 1.68. The highest BCUT2D eigenvalue weighted by Crippen LogP contribution is 2.25. The summed E-state index contributed by atoms with van der Waals surface area (Å²) in [7, 11) is 0. The molecule has 2 heterocycles. The molecule has 0 radical (unpaired) electrons. The smallest absolute Gasteiger partial charge is 0.0950 e. The van der Waals surface area contributed by atoms with E-state index in [1.165, 1.54) is 0 Å². The van der Waals surface area contributed by atoms with Crippen molar-refractivity contribution < 1.29 is 10.4 Å². The highest BCUT2D eigenvalue weighted by Gasteiger charge is 2.19. The van der Waals surface area contributed by atoms with Crippen LogP contribution < -0.4 is 0 Å². The molecule has 2 aliphatic heterocycles. The van der Waals surface area contributed by atoms with Crippen molar-refractivity contribution in [2.24, 2.45) is 0 Å². The molecule has 2 aliphatic rings. The van der Waals surface area contributed by atoms with Crippen LogP contribution in [0.25, 0.3) is 0 Å². The molecule has 2 rings (SSSR count). The van der Waals surface area contributed by atoms with Crippen LogP contribution in [0.4, 0.5) is 0 Å². The largest absolute Gasteiger partial charge is 0.284 e. The first-order valence-electron chi connectivity index (χ1n) is 5.03. The maximum absolute atomic E-state index is 9.86. The number of rotatable bonds is 0. The second-order valence-electron chi connectivity index (χ2n) is 3.73. The van der Waals surface area contributed by atoms with Gasteiger partial charge in [-0.3, -0.25) is 10.4 Å². The molecule has 2 N–H and O–H groups in total. The number of hydroxylamine groups is 4. The van der Waals surface area contributed by atoms with Crippen LogP contribution in [-0.4, -0.2) is 20.5 Å². The summed E-state index contributed by atoms with van der Waals surface area (Å²) in [6, 6.07) is 0. The van der Waals surface area contributed by atoms with Crippen LogP contribution in [0, 0.1) is 0 Å². The van der Waals surface area contributed by atoms with Crippen molar-refractivity contribution in [3.05, 3.63) is 59.2 Å². The molecule has 4 heteroatoms. The Kier molecular flexibility index (Phi) is 2.68. The van der Waals surface area contributed by atoms with Gasteiger partial charge in [0.2, 0.25) is 0 Å². The molecule has 0 saturated heterocycles. The van der Waals surface area contributed by atoms with Crippen molar-refractivity contribution in [1.82, 2.24) is 10.1 Å². The minimum absolute atomic E-state index is 0.547. The van der Waals surface area contributed by atoms with Gasteiger partial charge in [-0.15, -0.1) is 0 Å². The van der Waals surface area contributed by atoms with Gasteiger partial charge in [-0.2, -0.15) is 0 Å². The van der Waals surface area contributed by atoms with Crippen LogP contribution in [0.2, 0.25) is 0 Å². The monoisotopic (exact) mass is 218 g/mol. The summed E-state index contributed by atoms with van der Waals surface area (Å²) in [6.45, 7) is 3.59. The molecule has 0 amide bonds. The van der Waals surface area contributed by atoms with E-state index in [1.807, 2.05) is 12.2 Å². The minimum Gasteiger partial charge on any atom is -0.284 e. The molecular formula is C12H14N2O2. The predicted molar refractivity (Wildman–Crippen MR) is 60.1 cm³/mol. The van der Waals surface area contributed by atoms with Crippen molar-refractivity contribution in [1.29, 1.82) is 0 Å². The molecule has 4 nitrogen and oxygen atoms in total. The van der Waals surface area contributed by atoms with Gasteiger partial charge in [0.15, 0.2) is 0 Å². The first kappa shape index (κ1) is 10.7. The Morgan fingerprint density at radius 3 is 1.56 bits per heavy atom. The van der Waals surface area contributed by atoms with Crippen LogP contribution in [0.15, 0.2) is 59.2 Å². The second-order valence-corrected chi connectivity index (χ2v) is 3.73. The molecule has 0 spiro atoms. The molecule has 0 saturated carbocycles. The summed E-state index contributed by atoms with van der Waals surface area (Å²) < 4.78 is 0. The molecular weight excluding hydrogens is 204 g/mol. The fourth-order valence-corrected chi connectivity index (χ4v) is 1.61. The summed E-state index contributed by atoms with van der Waals surface area (Å²) in [4.78, 5) is 0. The highest BCUT2D eigenvalue weighted by atomic mass is 16.5. The fraction of sp³-hybridized carbons (Fsp3) is 0.167. The molecule has 0 aromatic heterocycles. The zero-order valence-electron chi connectivity index (χ0n) is 9.25.